The third kappa shape index (κ3) is 29.9. The van der Waals surface area contributed by atoms with E-state index in [1.165, 1.54) is 133 Å². The van der Waals surface area contributed by atoms with Gasteiger partial charge in [0.2, 0.25) is 21.2 Å². The molecule has 8 amide bonds. The molecule has 0 bridgehead atoms. The summed E-state index contributed by atoms with van der Waals surface area (Å²) in [4.78, 5) is 113. The minimum Gasteiger partial charge on any atom is -0.465 e. The first kappa shape index (κ1) is 97.1. The zero-order valence-electron chi connectivity index (χ0n) is 71.4. The number of nitrogen functional groups attached to an aromatic ring is 1. The van der Waals surface area contributed by atoms with Gasteiger partial charge >= 0.3 is 54.0 Å². The van der Waals surface area contributed by atoms with E-state index in [1.807, 2.05) is 126 Å². The predicted octanol–water partition coefficient (Wildman–Crippen LogP) is 20.5. The first-order valence-corrected chi connectivity index (χ1v) is 42.8. The number of esters is 5. The van der Waals surface area contributed by atoms with E-state index in [2.05, 4.69) is 120 Å². The van der Waals surface area contributed by atoms with Gasteiger partial charge in [0.05, 0.1) is 63.9 Å². The number of nitrogens with two attached hydrogens (primary N) is 1. The van der Waals surface area contributed by atoms with E-state index < -0.39 is 48.0 Å². The average Bonchev–Trinajstić information content (AvgIpc) is 1.69. The highest BCUT2D eigenvalue weighted by Gasteiger charge is 2.32. The monoisotopic (exact) mass is 1770 g/mol. The topological polar surface area (TPSA) is 425 Å². The summed E-state index contributed by atoms with van der Waals surface area (Å²) in [7, 11) is 8.42. The second-order valence-electron chi connectivity index (χ2n) is 31.5. The number of nitrogens with one attached hydrogen (secondary N) is 9. The van der Waals surface area contributed by atoms with Crippen LogP contribution in [0.5, 0.6) is 0 Å². The molecule has 1 aliphatic carbocycles. The Balaban J connectivity index is 0.000000226. The average molecular weight is 1770 g/mol. The molecule has 1 aliphatic rings. The van der Waals surface area contributed by atoms with Crippen molar-refractivity contribution in [3.63, 3.8) is 0 Å². The van der Waals surface area contributed by atoms with Gasteiger partial charge in [-0.25, -0.2) is 43.2 Å². The van der Waals surface area contributed by atoms with Gasteiger partial charge in [0.15, 0.2) is 0 Å². The van der Waals surface area contributed by atoms with Gasteiger partial charge in [-0.3, -0.25) is 16.0 Å². The Morgan fingerprint density at radius 1 is 0.420 bits per heavy atom. The fourth-order valence-corrected chi connectivity index (χ4v) is 15.9. The highest BCUT2D eigenvalue weighted by molar-refractivity contribution is 7.17. The maximum Gasteiger partial charge on any atom is 0.376 e. The number of methoxy groups -OCH3 is 5. The van der Waals surface area contributed by atoms with E-state index in [0.717, 1.165) is 52.9 Å². The van der Waals surface area contributed by atoms with E-state index in [4.69, 9.17) is 33.8 Å². The highest BCUT2D eigenvalue weighted by atomic mass is 32.1. The van der Waals surface area contributed by atoms with E-state index in [1.54, 1.807) is 50.4 Å². The number of hydrogen-bond donors (Lipinski definition) is 10. The molecule has 10 aromatic rings. The van der Waals surface area contributed by atoms with Crippen LogP contribution in [0.1, 0.15) is 231 Å². The first-order valence-electron chi connectivity index (χ1n) is 37.1. The number of urea groups is 4. The number of aromatic nitrogens is 6. The number of carbonyl (C=O) groups excluding carboxylic acids is 9. The molecular weight excluding hydrogens is 1660 g/mol. The molecule has 642 valence electrons. The Kier molecular flexibility index (Phi) is 34.9. The number of nitrogens with zero attached hydrogens (tertiary/aromatic N) is 6. The Labute approximate surface area is 720 Å². The SMILES string of the molecule is CCc1nnc(NC(=O)Nc2cc(C(C)(C)C)sc2C(=O)OC)s1.CNc1cc(C(C)(C)C)sc1C(=O)OC.COC(=O)c1cc(C(C)(C)C)sc1NC(=O)Nc1ccc(C)cc1.COC(=O)c1oc(C(C)(C)C)cc1NC(=O)Nc1ccc(C)cc1.COC(=O)c1sc(C(C)(C)C)cc1NC(=O)Nc1nnc(C)s1.Nc1nnc(C2CC2)s1. The van der Waals surface area contributed by atoms with Crippen LogP contribution >= 0.6 is 79.4 Å². The van der Waals surface area contributed by atoms with Gasteiger partial charge in [-0.05, 0) is 110 Å². The fourth-order valence-electron chi connectivity index (χ4n) is 9.46. The Morgan fingerprint density at radius 3 is 1.18 bits per heavy atom. The molecule has 0 aliphatic heterocycles. The molecule has 2 aromatic carbocycles. The van der Waals surface area contributed by atoms with Crippen LogP contribution in [0.15, 0.2) is 83.3 Å². The molecule has 8 heterocycles. The second kappa shape index (κ2) is 42.8. The van der Waals surface area contributed by atoms with Crippen molar-refractivity contribution in [2.24, 2.45) is 0 Å². The number of aryl methyl sites for hydroxylation is 4. The Hall–Kier alpha value is -10.8. The zero-order chi connectivity index (χ0) is 88.8. The van der Waals surface area contributed by atoms with Gasteiger partial charge in [0, 0.05) is 55.3 Å². The molecule has 8 aromatic heterocycles. The van der Waals surface area contributed by atoms with Crippen molar-refractivity contribution in [1.29, 1.82) is 0 Å². The summed E-state index contributed by atoms with van der Waals surface area (Å²) in [6, 6.07) is 22.1. The summed E-state index contributed by atoms with van der Waals surface area (Å²) >= 11 is 9.58. The quantitative estimate of drug-likeness (QED) is 0.0317. The van der Waals surface area contributed by atoms with Crippen molar-refractivity contribution in [3.05, 3.63) is 156 Å². The lowest BCUT2D eigenvalue weighted by Crippen LogP contribution is -2.20. The molecule has 0 unspecified atom stereocenters. The van der Waals surface area contributed by atoms with Crippen LogP contribution in [0.25, 0.3) is 0 Å². The first-order chi connectivity index (χ1) is 55.6. The molecule has 1 saturated carbocycles. The minimum atomic E-state index is -0.642. The van der Waals surface area contributed by atoms with Gasteiger partial charge in [0.1, 0.15) is 40.4 Å². The lowest BCUT2D eigenvalue weighted by molar-refractivity contribution is 0.0559. The Morgan fingerprint density at radius 2 is 0.815 bits per heavy atom. The third-order valence-electron chi connectivity index (χ3n) is 16.2. The lowest BCUT2D eigenvalue weighted by Gasteiger charge is -2.15. The molecule has 1 fully saturated rings. The van der Waals surface area contributed by atoms with E-state index in [9.17, 15) is 43.2 Å². The van der Waals surface area contributed by atoms with Crippen molar-refractivity contribution < 1.29 is 71.3 Å². The second-order valence-corrected chi connectivity index (χ2v) is 39.0. The fraction of sp³-hybridized carbons (Fsp3) is 0.420. The van der Waals surface area contributed by atoms with E-state index in [-0.39, 0.29) is 44.5 Å². The van der Waals surface area contributed by atoms with E-state index in [0.29, 0.717) is 75.0 Å². The number of benzene rings is 2. The Bertz CT molecular complexity index is 5000. The van der Waals surface area contributed by atoms with Crippen molar-refractivity contribution in [2.45, 2.75) is 184 Å². The number of carbonyl (C=O) groups is 9. The largest absolute Gasteiger partial charge is 0.465 e. The van der Waals surface area contributed by atoms with Gasteiger partial charge in [-0.15, -0.1) is 75.9 Å². The molecule has 0 spiro atoms. The molecule has 31 nitrogen and oxygen atoms in total. The van der Waals surface area contributed by atoms with Crippen molar-refractivity contribution >= 4 is 188 Å². The molecule has 0 radical (unpaired) electrons. The maximum absolute atomic E-state index is 12.2. The van der Waals surface area contributed by atoms with E-state index >= 15 is 0 Å². The zero-order valence-corrected chi connectivity index (χ0v) is 77.2. The van der Waals surface area contributed by atoms with Crippen LogP contribution in [0, 0.1) is 20.8 Å². The number of hydrogen-bond acceptors (Lipinski definition) is 30. The molecule has 0 saturated heterocycles. The summed E-state index contributed by atoms with van der Waals surface area (Å²) in [5.74, 6) is -1.10. The molecular formula is C81H106N16O15S7. The van der Waals surface area contributed by atoms with Crippen molar-refractivity contribution in [2.75, 3.05) is 96.2 Å². The van der Waals surface area contributed by atoms with Gasteiger partial charge in [0.25, 0.3) is 0 Å². The third-order valence-corrected chi connectivity index (χ3v) is 25.0. The number of amides is 8. The summed E-state index contributed by atoms with van der Waals surface area (Å²) in [6.45, 7) is 38.3. The molecule has 119 heavy (non-hydrogen) atoms. The smallest absolute Gasteiger partial charge is 0.376 e. The number of rotatable bonds is 16. The molecule has 11 N–H and O–H groups in total. The normalized spacial score (nSPS) is 11.7. The molecule has 38 heteroatoms. The van der Waals surface area contributed by atoms with Crippen LogP contribution in [-0.4, -0.2) is 127 Å². The van der Waals surface area contributed by atoms with Crippen LogP contribution in [0.4, 0.5) is 73.7 Å². The summed E-state index contributed by atoms with van der Waals surface area (Å²) in [5, 5.41) is 52.2. The number of furan rings is 1. The van der Waals surface area contributed by atoms with Gasteiger partial charge in [-0.2, -0.15) is 0 Å². The van der Waals surface area contributed by atoms with Crippen molar-refractivity contribution in [3.8, 4) is 0 Å². The van der Waals surface area contributed by atoms with Crippen LogP contribution in [-0.2, 0) is 57.2 Å². The standard InChI is InChI=1S/C18H22N2O4.C18H22N2O3S.C15H20N4O3S2.C14H18N4O3S2.C11H17NO2S.C5H7N3S/c1-11-6-8-12(9-7-11)19-17(22)20-13-10-14(18(2,3)4)24-15(13)16(21)23-5;1-11-6-8-12(9-7-11)19-17(22)20-15-13(16(21)23-5)10-14(24-15)18(2,3)4;1-6-10-18-19-14(24-10)17-13(21)16-8-7-9(15(2,3)4)23-11(8)12(20)22-5;1-7-17-18-13(22-7)16-12(20)15-8-6-9(14(2,3)4)23-10(8)11(19)21-5;1-11(2,3)8-6-7(12-4)9(15-8)10(13)14-5;6-5-8-7-4(9-5)3-1-2-3/h2*6-10H,1-5H3,(H2,19,20,22);7H,6H2,1-5H3,(H2,16,17,19,21);6H,1-5H3,(H2,15,16,18,20);6,12H,1-5H3;3H,1-2H2,(H2,6,8). The van der Waals surface area contributed by atoms with Gasteiger partial charge < -0.3 is 65.7 Å². The summed E-state index contributed by atoms with van der Waals surface area (Å²) < 4.78 is 29.4. The number of anilines is 10. The number of thiophene rings is 4. The number of ether oxygens (including phenoxy) is 5. The summed E-state index contributed by atoms with van der Waals surface area (Å²) in [5.41, 5.74) is 10.6. The van der Waals surface area contributed by atoms with Crippen LogP contribution in [0.2, 0.25) is 0 Å². The highest BCUT2D eigenvalue weighted by Crippen LogP contribution is 2.43. The molecule has 11 rings (SSSR count). The van der Waals surface area contributed by atoms with Crippen LogP contribution < -0.4 is 53.6 Å². The minimum absolute atomic E-state index is 0.0264. The van der Waals surface area contributed by atoms with Crippen molar-refractivity contribution in [1.82, 2.24) is 30.6 Å². The maximum atomic E-state index is 12.2. The summed E-state index contributed by atoms with van der Waals surface area (Å²) in [6.07, 6.45) is 3.30. The molecule has 0 atom stereocenters. The van der Waals surface area contributed by atoms with Gasteiger partial charge in [-0.1, -0.05) is 180 Å². The lowest BCUT2D eigenvalue weighted by atomic mass is 9.93. The predicted molar refractivity (Wildman–Crippen MR) is 479 cm³/mol. The van der Waals surface area contributed by atoms with Crippen LogP contribution in [0.3, 0.4) is 0 Å².